The number of nitrogens with zero attached hydrogens (tertiary/aromatic N) is 2. The highest BCUT2D eigenvalue weighted by Gasteiger charge is 2.11. The molecule has 0 aliphatic heterocycles. The summed E-state index contributed by atoms with van der Waals surface area (Å²) in [5.74, 6) is 1.49. The van der Waals surface area contributed by atoms with Gasteiger partial charge in [-0.25, -0.2) is 4.98 Å². The zero-order valence-corrected chi connectivity index (χ0v) is 11.0. The van der Waals surface area contributed by atoms with Gasteiger partial charge in [0.15, 0.2) is 0 Å². The monoisotopic (exact) mass is 260 g/mol. The summed E-state index contributed by atoms with van der Waals surface area (Å²) >= 11 is 1.47. The average molecular weight is 260 g/mol. The quantitative estimate of drug-likeness (QED) is 0.848. The van der Waals surface area contributed by atoms with Crippen LogP contribution in [-0.4, -0.2) is 19.2 Å². The second-order valence-corrected chi connectivity index (χ2v) is 4.47. The molecule has 0 fully saturated rings. The summed E-state index contributed by atoms with van der Waals surface area (Å²) in [5.41, 5.74) is 1.68. The fourth-order valence-electron chi connectivity index (χ4n) is 1.60. The number of benzene rings is 1. The number of ether oxygens (including phenoxy) is 2. The summed E-state index contributed by atoms with van der Waals surface area (Å²) in [7, 11) is 3.24. The van der Waals surface area contributed by atoms with Crippen LogP contribution in [0, 0.1) is 11.3 Å². The molecule has 4 nitrogen and oxygen atoms in total. The van der Waals surface area contributed by atoms with Crippen LogP contribution >= 0.6 is 11.3 Å². The van der Waals surface area contributed by atoms with E-state index in [4.69, 9.17) is 14.7 Å². The third-order valence-electron chi connectivity index (χ3n) is 2.46. The fourth-order valence-corrected chi connectivity index (χ4v) is 2.32. The summed E-state index contributed by atoms with van der Waals surface area (Å²) < 4.78 is 10.5. The molecular formula is C13H12N2O2S. The van der Waals surface area contributed by atoms with Crippen molar-refractivity contribution in [3.63, 3.8) is 0 Å². The maximum Gasteiger partial charge on any atom is 0.128 e. The van der Waals surface area contributed by atoms with E-state index in [1.54, 1.807) is 14.2 Å². The van der Waals surface area contributed by atoms with Crippen LogP contribution in [0.25, 0.3) is 11.3 Å². The zero-order chi connectivity index (χ0) is 13.0. The molecule has 0 bridgehead atoms. The van der Waals surface area contributed by atoms with E-state index in [-0.39, 0.29) is 0 Å². The molecule has 2 aromatic rings. The molecule has 1 aromatic heterocycles. The van der Waals surface area contributed by atoms with Gasteiger partial charge in [-0.1, -0.05) is 0 Å². The van der Waals surface area contributed by atoms with Gasteiger partial charge in [0.05, 0.1) is 32.4 Å². The van der Waals surface area contributed by atoms with Crippen LogP contribution in [0.4, 0.5) is 0 Å². The van der Waals surface area contributed by atoms with Crippen molar-refractivity contribution in [1.29, 1.82) is 5.26 Å². The topological polar surface area (TPSA) is 55.1 Å². The van der Waals surface area contributed by atoms with Gasteiger partial charge >= 0.3 is 0 Å². The summed E-state index contributed by atoms with van der Waals surface area (Å²) in [6, 6.07) is 7.65. The molecule has 0 spiro atoms. The number of rotatable bonds is 4. The van der Waals surface area contributed by atoms with Crippen LogP contribution in [0.3, 0.4) is 0 Å². The lowest BCUT2D eigenvalue weighted by molar-refractivity contribution is 0.404. The summed E-state index contributed by atoms with van der Waals surface area (Å²) in [6.07, 6.45) is 0.330. The number of methoxy groups -OCH3 is 2. The Morgan fingerprint density at radius 3 is 2.83 bits per heavy atom. The van der Waals surface area contributed by atoms with E-state index in [9.17, 15) is 0 Å². The number of thiazole rings is 1. The Bertz CT molecular complexity index is 587. The minimum atomic E-state index is 0.330. The summed E-state index contributed by atoms with van der Waals surface area (Å²) in [4.78, 5) is 4.41. The van der Waals surface area contributed by atoms with E-state index < -0.39 is 0 Å². The van der Waals surface area contributed by atoms with Crippen molar-refractivity contribution < 1.29 is 9.47 Å². The first-order valence-corrected chi connectivity index (χ1v) is 6.20. The molecule has 92 valence electrons. The molecule has 0 aliphatic rings. The Hall–Kier alpha value is -2.06. The van der Waals surface area contributed by atoms with Crippen LogP contribution < -0.4 is 9.47 Å². The zero-order valence-electron chi connectivity index (χ0n) is 10.1. The first kappa shape index (κ1) is 12.4. The number of nitriles is 1. The highest BCUT2D eigenvalue weighted by Crippen LogP contribution is 2.33. The van der Waals surface area contributed by atoms with Crippen molar-refractivity contribution in [2.45, 2.75) is 6.42 Å². The van der Waals surface area contributed by atoms with E-state index in [1.807, 2.05) is 23.6 Å². The molecule has 5 heteroatoms. The second kappa shape index (κ2) is 5.52. The van der Waals surface area contributed by atoms with Gasteiger partial charge in [0.2, 0.25) is 0 Å². The Morgan fingerprint density at radius 1 is 1.33 bits per heavy atom. The lowest BCUT2D eigenvalue weighted by Crippen LogP contribution is -1.91. The highest BCUT2D eigenvalue weighted by molar-refractivity contribution is 7.10. The van der Waals surface area contributed by atoms with E-state index in [1.165, 1.54) is 11.3 Å². The van der Waals surface area contributed by atoms with Gasteiger partial charge in [-0.3, -0.25) is 0 Å². The molecule has 0 radical (unpaired) electrons. The van der Waals surface area contributed by atoms with E-state index in [2.05, 4.69) is 11.1 Å². The fraction of sp³-hybridized carbons (Fsp3) is 0.231. The Morgan fingerprint density at radius 2 is 2.17 bits per heavy atom. The maximum absolute atomic E-state index is 8.65. The molecule has 0 atom stereocenters. The number of hydrogen-bond acceptors (Lipinski definition) is 5. The molecule has 1 heterocycles. The Kier molecular flexibility index (Phi) is 3.80. The number of hydrogen-bond donors (Lipinski definition) is 0. The molecule has 1 aromatic carbocycles. The molecule has 0 saturated carbocycles. The van der Waals surface area contributed by atoms with Crippen molar-refractivity contribution in [3.8, 4) is 28.8 Å². The van der Waals surface area contributed by atoms with Gasteiger partial charge < -0.3 is 9.47 Å². The molecule has 0 aliphatic carbocycles. The molecular weight excluding hydrogens is 248 g/mol. The SMILES string of the molecule is COc1ccc(OC)c(-c2csc(CC#N)n2)c1. The molecule has 18 heavy (non-hydrogen) atoms. The standard InChI is InChI=1S/C13H12N2O2S/c1-16-9-3-4-12(17-2)10(7-9)11-8-18-13(15-11)5-6-14/h3-4,7-8H,5H2,1-2H3. The van der Waals surface area contributed by atoms with E-state index in [0.717, 1.165) is 27.8 Å². The predicted octanol–water partition coefficient (Wildman–Crippen LogP) is 2.89. The van der Waals surface area contributed by atoms with Gasteiger partial charge in [-0.05, 0) is 18.2 Å². The summed E-state index contributed by atoms with van der Waals surface area (Å²) in [5, 5.41) is 11.4. The number of aromatic nitrogens is 1. The molecule has 0 amide bonds. The van der Waals surface area contributed by atoms with Crippen molar-refractivity contribution in [2.24, 2.45) is 0 Å². The van der Waals surface area contributed by atoms with E-state index >= 15 is 0 Å². The van der Waals surface area contributed by atoms with E-state index in [0.29, 0.717) is 6.42 Å². The lowest BCUT2D eigenvalue weighted by atomic mass is 10.1. The van der Waals surface area contributed by atoms with Crippen LogP contribution in [0.15, 0.2) is 23.6 Å². The van der Waals surface area contributed by atoms with Gasteiger partial charge in [-0.15, -0.1) is 11.3 Å². The minimum Gasteiger partial charge on any atom is -0.497 e. The van der Waals surface area contributed by atoms with Gasteiger partial charge in [-0.2, -0.15) is 5.26 Å². The van der Waals surface area contributed by atoms with Crippen LogP contribution in [0.5, 0.6) is 11.5 Å². The third-order valence-corrected chi connectivity index (χ3v) is 3.31. The molecule has 0 saturated heterocycles. The van der Waals surface area contributed by atoms with Gasteiger partial charge in [0.1, 0.15) is 16.5 Å². The normalized spacial score (nSPS) is 9.83. The van der Waals surface area contributed by atoms with Gasteiger partial charge in [0, 0.05) is 10.9 Å². The highest BCUT2D eigenvalue weighted by atomic mass is 32.1. The summed E-state index contributed by atoms with van der Waals surface area (Å²) in [6.45, 7) is 0. The van der Waals surface area contributed by atoms with Crippen LogP contribution in [0.1, 0.15) is 5.01 Å². The van der Waals surface area contributed by atoms with Crippen LogP contribution in [-0.2, 0) is 6.42 Å². The first-order valence-electron chi connectivity index (χ1n) is 5.32. The molecule has 2 rings (SSSR count). The van der Waals surface area contributed by atoms with Crippen molar-refractivity contribution >= 4 is 11.3 Å². The Labute approximate surface area is 109 Å². The van der Waals surface area contributed by atoms with Crippen molar-refractivity contribution in [3.05, 3.63) is 28.6 Å². The van der Waals surface area contributed by atoms with Crippen molar-refractivity contribution in [2.75, 3.05) is 14.2 Å². The maximum atomic E-state index is 8.65. The lowest BCUT2D eigenvalue weighted by Gasteiger charge is -2.08. The molecule has 0 N–H and O–H groups in total. The first-order chi connectivity index (χ1) is 8.78. The van der Waals surface area contributed by atoms with Crippen molar-refractivity contribution in [1.82, 2.24) is 4.98 Å². The predicted molar refractivity (Wildman–Crippen MR) is 70.0 cm³/mol. The Balaban J connectivity index is 2.44. The average Bonchev–Trinajstić information content (AvgIpc) is 2.87. The molecule has 0 unspecified atom stereocenters. The third kappa shape index (κ3) is 2.44. The minimum absolute atomic E-state index is 0.330. The van der Waals surface area contributed by atoms with Crippen LogP contribution in [0.2, 0.25) is 0 Å². The largest absolute Gasteiger partial charge is 0.497 e. The smallest absolute Gasteiger partial charge is 0.128 e. The van der Waals surface area contributed by atoms with Gasteiger partial charge in [0.25, 0.3) is 0 Å². The second-order valence-electron chi connectivity index (χ2n) is 3.53.